The largest absolute Gasteiger partial charge is 0.347 e. The van der Waals surface area contributed by atoms with Gasteiger partial charge in [-0.15, -0.1) is 0 Å². The van der Waals surface area contributed by atoms with Crippen LogP contribution in [0.1, 0.15) is 41.3 Å². The molecule has 0 aliphatic heterocycles. The van der Waals surface area contributed by atoms with Gasteiger partial charge in [0.05, 0.1) is 4.90 Å². The Labute approximate surface area is 113 Å². The summed E-state index contributed by atoms with van der Waals surface area (Å²) in [6.45, 7) is 5.41. The van der Waals surface area contributed by atoms with Gasteiger partial charge in [-0.1, -0.05) is 6.07 Å². The number of primary sulfonamides is 1. The second kappa shape index (κ2) is 4.31. The van der Waals surface area contributed by atoms with E-state index in [0.717, 1.165) is 18.4 Å². The Morgan fingerprint density at radius 2 is 1.84 bits per heavy atom. The fraction of sp³-hybridized carbons (Fsp3) is 0.462. The fourth-order valence-electron chi connectivity index (χ4n) is 2.04. The number of carbonyl (C=O) groups is 1. The number of nitrogens with two attached hydrogens (primary N) is 1. The zero-order chi connectivity index (χ0) is 14.4. The molecule has 0 aromatic heterocycles. The standard InChI is InChI=1S/C13H18N2O3S/c1-8-6-9(2)11(19(14,17)18)7-10(8)12(16)15-13(3)4-5-13/h6-7H,4-5H2,1-3H3,(H,15,16)(H2,14,17,18). The lowest BCUT2D eigenvalue weighted by Crippen LogP contribution is -2.34. The van der Waals surface area contributed by atoms with Crippen LogP contribution < -0.4 is 10.5 Å². The molecule has 1 fully saturated rings. The summed E-state index contributed by atoms with van der Waals surface area (Å²) in [6.07, 6.45) is 1.90. The maximum atomic E-state index is 12.2. The monoisotopic (exact) mass is 282 g/mol. The van der Waals surface area contributed by atoms with Crippen LogP contribution in [-0.4, -0.2) is 19.9 Å². The number of amides is 1. The third-order valence-electron chi connectivity index (χ3n) is 3.49. The molecule has 3 N–H and O–H groups in total. The number of sulfonamides is 1. The average Bonchev–Trinajstić information content (AvgIpc) is 2.93. The van der Waals surface area contributed by atoms with Crippen LogP contribution >= 0.6 is 0 Å². The lowest BCUT2D eigenvalue weighted by atomic mass is 10.0. The fourth-order valence-corrected chi connectivity index (χ4v) is 2.83. The molecule has 1 amide bonds. The highest BCUT2D eigenvalue weighted by molar-refractivity contribution is 7.89. The van der Waals surface area contributed by atoms with Crippen molar-refractivity contribution in [3.8, 4) is 0 Å². The van der Waals surface area contributed by atoms with E-state index < -0.39 is 10.0 Å². The lowest BCUT2D eigenvalue weighted by molar-refractivity contribution is 0.0934. The predicted octanol–water partition coefficient (Wildman–Crippen LogP) is 1.23. The maximum absolute atomic E-state index is 12.2. The highest BCUT2D eigenvalue weighted by atomic mass is 32.2. The van der Waals surface area contributed by atoms with E-state index in [4.69, 9.17) is 5.14 Å². The Balaban J connectivity index is 2.43. The molecule has 6 heteroatoms. The summed E-state index contributed by atoms with van der Waals surface area (Å²) in [4.78, 5) is 12.2. The summed E-state index contributed by atoms with van der Waals surface area (Å²) in [5, 5.41) is 8.07. The van der Waals surface area contributed by atoms with Crippen LogP contribution in [0.25, 0.3) is 0 Å². The molecular weight excluding hydrogens is 264 g/mol. The van der Waals surface area contributed by atoms with Crippen molar-refractivity contribution in [3.05, 3.63) is 28.8 Å². The molecule has 104 valence electrons. The first kappa shape index (κ1) is 14.0. The van der Waals surface area contributed by atoms with E-state index in [1.165, 1.54) is 6.07 Å². The molecule has 1 saturated carbocycles. The number of hydrogen-bond acceptors (Lipinski definition) is 3. The molecule has 1 aliphatic carbocycles. The van der Waals surface area contributed by atoms with Crippen LogP contribution in [0.4, 0.5) is 0 Å². The molecule has 0 spiro atoms. The lowest BCUT2D eigenvalue weighted by Gasteiger charge is -2.14. The number of carbonyl (C=O) groups excluding carboxylic acids is 1. The predicted molar refractivity (Wildman–Crippen MR) is 72.4 cm³/mol. The van der Waals surface area contributed by atoms with E-state index in [2.05, 4.69) is 5.32 Å². The summed E-state index contributed by atoms with van der Waals surface area (Å²) in [7, 11) is -3.81. The number of aryl methyl sites for hydroxylation is 2. The Morgan fingerprint density at radius 3 is 2.32 bits per heavy atom. The van der Waals surface area contributed by atoms with Crippen LogP contribution in [0, 0.1) is 13.8 Å². The van der Waals surface area contributed by atoms with Crippen molar-refractivity contribution in [1.82, 2.24) is 5.32 Å². The molecule has 2 rings (SSSR count). The molecule has 1 aromatic carbocycles. The van der Waals surface area contributed by atoms with E-state index >= 15 is 0 Å². The quantitative estimate of drug-likeness (QED) is 0.874. The van der Waals surface area contributed by atoms with Gasteiger partial charge in [0, 0.05) is 11.1 Å². The average molecular weight is 282 g/mol. The molecular formula is C13H18N2O3S. The van der Waals surface area contributed by atoms with Crippen molar-refractivity contribution in [2.24, 2.45) is 5.14 Å². The molecule has 5 nitrogen and oxygen atoms in total. The summed E-state index contributed by atoms with van der Waals surface area (Å²) < 4.78 is 23.0. The minimum atomic E-state index is -3.81. The van der Waals surface area contributed by atoms with Crippen LogP contribution in [-0.2, 0) is 10.0 Å². The van der Waals surface area contributed by atoms with Gasteiger partial charge in [0.25, 0.3) is 5.91 Å². The van der Waals surface area contributed by atoms with Gasteiger partial charge in [-0.05, 0) is 50.8 Å². The molecule has 0 unspecified atom stereocenters. The van der Waals surface area contributed by atoms with E-state index in [1.54, 1.807) is 19.9 Å². The number of rotatable bonds is 3. The Bertz CT molecular complexity index is 646. The first-order valence-electron chi connectivity index (χ1n) is 6.09. The van der Waals surface area contributed by atoms with Crippen LogP contribution in [0.2, 0.25) is 0 Å². The van der Waals surface area contributed by atoms with Crippen molar-refractivity contribution in [2.45, 2.75) is 44.0 Å². The SMILES string of the molecule is Cc1cc(C)c(S(N)(=O)=O)cc1C(=O)NC1(C)CC1. The van der Waals surface area contributed by atoms with E-state index in [0.29, 0.717) is 11.1 Å². The zero-order valence-corrected chi connectivity index (χ0v) is 12.1. The van der Waals surface area contributed by atoms with Gasteiger partial charge in [0.15, 0.2) is 0 Å². The smallest absolute Gasteiger partial charge is 0.252 e. The number of nitrogens with one attached hydrogen (secondary N) is 1. The molecule has 0 bridgehead atoms. The second-order valence-electron chi connectivity index (χ2n) is 5.49. The second-order valence-corrected chi connectivity index (χ2v) is 7.02. The molecule has 0 heterocycles. The van der Waals surface area contributed by atoms with Gasteiger partial charge >= 0.3 is 0 Å². The highest BCUT2D eigenvalue weighted by Crippen LogP contribution is 2.34. The summed E-state index contributed by atoms with van der Waals surface area (Å²) in [5.41, 5.74) is 1.51. The van der Waals surface area contributed by atoms with Crippen LogP contribution in [0.3, 0.4) is 0 Å². The van der Waals surface area contributed by atoms with Crippen molar-refractivity contribution < 1.29 is 13.2 Å². The third kappa shape index (κ3) is 2.96. The molecule has 0 radical (unpaired) electrons. The van der Waals surface area contributed by atoms with E-state index in [1.807, 2.05) is 6.92 Å². The van der Waals surface area contributed by atoms with Gasteiger partial charge in [-0.2, -0.15) is 0 Å². The maximum Gasteiger partial charge on any atom is 0.252 e. The highest BCUT2D eigenvalue weighted by Gasteiger charge is 2.39. The molecule has 1 aliphatic rings. The van der Waals surface area contributed by atoms with E-state index in [9.17, 15) is 13.2 Å². The summed E-state index contributed by atoms with van der Waals surface area (Å²) in [6, 6.07) is 3.03. The van der Waals surface area contributed by atoms with Gasteiger partial charge in [-0.3, -0.25) is 4.79 Å². The topological polar surface area (TPSA) is 89.3 Å². The summed E-state index contributed by atoms with van der Waals surface area (Å²) >= 11 is 0. The van der Waals surface area contributed by atoms with E-state index in [-0.39, 0.29) is 16.3 Å². The summed E-state index contributed by atoms with van der Waals surface area (Å²) in [5.74, 6) is -0.248. The molecule has 1 aromatic rings. The molecule has 0 atom stereocenters. The van der Waals surface area contributed by atoms with Crippen LogP contribution in [0.15, 0.2) is 17.0 Å². The van der Waals surface area contributed by atoms with Gasteiger partial charge in [0.2, 0.25) is 10.0 Å². The van der Waals surface area contributed by atoms with Crippen molar-refractivity contribution >= 4 is 15.9 Å². The Kier molecular flexibility index (Phi) is 3.18. The normalized spacial score (nSPS) is 17.1. The molecule has 0 saturated heterocycles. The Morgan fingerprint density at radius 1 is 1.26 bits per heavy atom. The zero-order valence-electron chi connectivity index (χ0n) is 11.3. The number of benzene rings is 1. The molecule has 19 heavy (non-hydrogen) atoms. The van der Waals surface area contributed by atoms with Crippen LogP contribution in [0.5, 0.6) is 0 Å². The van der Waals surface area contributed by atoms with Gasteiger partial charge in [0.1, 0.15) is 0 Å². The third-order valence-corrected chi connectivity index (χ3v) is 4.54. The first-order valence-corrected chi connectivity index (χ1v) is 7.64. The van der Waals surface area contributed by atoms with Crippen molar-refractivity contribution in [1.29, 1.82) is 0 Å². The minimum absolute atomic E-state index is 0.00389. The first-order chi connectivity index (χ1) is 8.62. The van der Waals surface area contributed by atoms with Gasteiger partial charge in [-0.25, -0.2) is 13.6 Å². The Hall–Kier alpha value is -1.40. The number of hydrogen-bond donors (Lipinski definition) is 2. The van der Waals surface area contributed by atoms with Crippen molar-refractivity contribution in [3.63, 3.8) is 0 Å². The van der Waals surface area contributed by atoms with Crippen molar-refractivity contribution in [2.75, 3.05) is 0 Å². The van der Waals surface area contributed by atoms with Gasteiger partial charge < -0.3 is 5.32 Å². The minimum Gasteiger partial charge on any atom is -0.347 e.